The van der Waals surface area contributed by atoms with Gasteiger partial charge in [0.1, 0.15) is 11.5 Å². The minimum absolute atomic E-state index is 0.600. The zero-order valence-electron chi connectivity index (χ0n) is 13.2. The molecule has 0 aromatic heterocycles. The topological polar surface area (TPSA) is 21.3 Å². The molecule has 2 heteroatoms. The zero-order chi connectivity index (χ0) is 15.1. The first kappa shape index (κ1) is 15.6. The Morgan fingerprint density at radius 2 is 1.76 bits per heavy atom. The van der Waals surface area contributed by atoms with Gasteiger partial charge in [0.05, 0.1) is 0 Å². The van der Waals surface area contributed by atoms with Crippen molar-refractivity contribution in [2.24, 2.45) is 0 Å². The van der Waals surface area contributed by atoms with Crippen molar-refractivity contribution >= 4 is 0 Å². The molecule has 1 N–H and O–H groups in total. The SMILES string of the molecule is CCNCc1cccc(Oc2ccc(C(C)CC)cc2)c1. The van der Waals surface area contributed by atoms with Crippen molar-refractivity contribution in [1.29, 1.82) is 0 Å². The Labute approximate surface area is 128 Å². The van der Waals surface area contributed by atoms with E-state index in [0.717, 1.165) is 31.0 Å². The summed E-state index contributed by atoms with van der Waals surface area (Å²) in [5, 5.41) is 3.33. The van der Waals surface area contributed by atoms with E-state index in [4.69, 9.17) is 4.74 Å². The molecule has 0 amide bonds. The number of hydrogen-bond donors (Lipinski definition) is 1. The number of rotatable bonds is 7. The molecule has 21 heavy (non-hydrogen) atoms. The Kier molecular flexibility index (Phi) is 5.82. The lowest BCUT2D eigenvalue weighted by molar-refractivity contribution is 0.481. The van der Waals surface area contributed by atoms with Crippen LogP contribution in [0.5, 0.6) is 11.5 Å². The van der Waals surface area contributed by atoms with Gasteiger partial charge in [0, 0.05) is 6.54 Å². The summed E-state index contributed by atoms with van der Waals surface area (Å²) in [4.78, 5) is 0. The lowest BCUT2D eigenvalue weighted by Gasteiger charge is -2.11. The maximum absolute atomic E-state index is 5.94. The first-order chi connectivity index (χ1) is 10.2. The van der Waals surface area contributed by atoms with Gasteiger partial charge in [-0.1, -0.05) is 45.0 Å². The second-order valence-electron chi connectivity index (χ2n) is 5.41. The van der Waals surface area contributed by atoms with Gasteiger partial charge < -0.3 is 10.1 Å². The smallest absolute Gasteiger partial charge is 0.127 e. The third-order valence-electron chi connectivity index (χ3n) is 3.77. The van der Waals surface area contributed by atoms with Crippen molar-refractivity contribution in [2.75, 3.05) is 6.54 Å². The van der Waals surface area contributed by atoms with Crippen LogP contribution in [0.2, 0.25) is 0 Å². The Morgan fingerprint density at radius 1 is 1.00 bits per heavy atom. The van der Waals surface area contributed by atoms with Crippen LogP contribution in [0.25, 0.3) is 0 Å². The highest BCUT2D eigenvalue weighted by Crippen LogP contribution is 2.25. The largest absolute Gasteiger partial charge is 0.457 e. The van der Waals surface area contributed by atoms with Gasteiger partial charge in [0.2, 0.25) is 0 Å². The molecule has 0 fully saturated rings. The van der Waals surface area contributed by atoms with Crippen LogP contribution in [-0.2, 0) is 6.54 Å². The van der Waals surface area contributed by atoms with Gasteiger partial charge in [-0.05, 0) is 54.3 Å². The van der Waals surface area contributed by atoms with Crippen LogP contribution in [-0.4, -0.2) is 6.54 Å². The molecule has 2 rings (SSSR count). The van der Waals surface area contributed by atoms with E-state index in [9.17, 15) is 0 Å². The molecule has 2 nitrogen and oxygen atoms in total. The second-order valence-corrected chi connectivity index (χ2v) is 5.41. The summed E-state index contributed by atoms with van der Waals surface area (Å²) in [6.45, 7) is 8.42. The standard InChI is InChI=1S/C19H25NO/c1-4-15(3)17-9-11-18(12-10-17)21-19-8-6-7-16(13-19)14-20-5-2/h6-13,15,20H,4-5,14H2,1-3H3. The van der Waals surface area contributed by atoms with Gasteiger partial charge in [-0.15, -0.1) is 0 Å². The molecule has 1 unspecified atom stereocenters. The maximum Gasteiger partial charge on any atom is 0.127 e. The van der Waals surface area contributed by atoms with Gasteiger partial charge in [0.25, 0.3) is 0 Å². The highest BCUT2D eigenvalue weighted by atomic mass is 16.5. The first-order valence-corrected chi connectivity index (χ1v) is 7.80. The zero-order valence-corrected chi connectivity index (χ0v) is 13.2. The van der Waals surface area contributed by atoms with Gasteiger partial charge in [-0.25, -0.2) is 0 Å². The highest BCUT2D eigenvalue weighted by molar-refractivity contribution is 5.35. The van der Waals surface area contributed by atoms with E-state index < -0.39 is 0 Å². The molecular weight excluding hydrogens is 258 g/mol. The third-order valence-corrected chi connectivity index (χ3v) is 3.77. The van der Waals surface area contributed by atoms with E-state index >= 15 is 0 Å². The van der Waals surface area contributed by atoms with E-state index in [1.54, 1.807) is 0 Å². The minimum atomic E-state index is 0.600. The Balaban J connectivity index is 2.04. The van der Waals surface area contributed by atoms with Crippen LogP contribution in [0.3, 0.4) is 0 Å². The minimum Gasteiger partial charge on any atom is -0.457 e. The fraction of sp³-hybridized carbons (Fsp3) is 0.368. The molecule has 1 atom stereocenters. The first-order valence-electron chi connectivity index (χ1n) is 7.80. The molecule has 2 aromatic carbocycles. The molecule has 0 bridgehead atoms. The van der Waals surface area contributed by atoms with Gasteiger partial charge in [0.15, 0.2) is 0 Å². The predicted molar refractivity (Wildman–Crippen MR) is 89.0 cm³/mol. The normalized spacial score (nSPS) is 12.1. The lowest BCUT2D eigenvalue weighted by Crippen LogP contribution is -2.11. The van der Waals surface area contributed by atoms with Gasteiger partial charge >= 0.3 is 0 Å². The molecule has 0 saturated heterocycles. The summed E-state index contributed by atoms with van der Waals surface area (Å²) >= 11 is 0. The Hall–Kier alpha value is -1.80. The molecule has 2 aromatic rings. The molecule has 0 radical (unpaired) electrons. The lowest BCUT2D eigenvalue weighted by atomic mass is 9.99. The predicted octanol–water partition coefficient (Wildman–Crippen LogP) is 5.10. The van der Waals surface area contributed by atoms with E-state index in [1.165, 1.54) is 11.1 Å². The summed E-state index contributed by atoms with van der Waals surface area (Å²) < 4.78 is 5.94. The molecule has 112 valence electrons. The number of benzene rings is 2. The van der Waals surface area contributed by atoms with Crippen LogP contribution < -0.4 is 10.1 Å². The van der Waals surface area contributed by atoms with Gasteiger partial charge in [-0.2, -0.15) is 0 Å². The molecular formula is C19H25NO. The van der Waals surface area contributed by atoms with Crippen LogP contribution in [0.15, 0.2) is 48.5 Å². The van der Waals surface area contributed by atoms with Crippen molar-refractivity contribution < 1.29 is 4.74 Å². The fourth-order valence-electron chi connectivity index (χ4n) is 2.22. The third kappa shape index (κ3) is 4.61. The van der Waals surface area contributed by atoms with Crippen molar-refractivity contribution in [1.82, 2.24) is 5.32 Å². The van der Waals surface area contributed by atoms with Crippen molar-refractivity contribution in [3.63, 3.8) is 0 Å². The monoisotopic (exact) mass is 283 g/mol. The van der Waals surface area contributed by atoms with Crippen LogP contribution in [0.1, 0.15) is 44.2 Å². The summed E-state index contributed by atoms with van der Waals surface area (Å²) in [5.74, 6) is 2.38. The quantitative estimate of drug-likeness (QED) is 0.763. The van der Waals surface area contributed by atoms with E-state index in [2.05, 4.69) is 62.5 Å². The molecule has 0 saturated carbocycles. The average molecular weight is 283 g/mol. The maximum atomic E-state index is 5.94. The molecule has 0 heterocycles. The number of hydrogen-bond acceptors (Lipinski definition) is 2. The second kappa shape index (κ2) is 7.84. The molecule has 0 aliphatic heterocycles. The summed E-state index contributed by atoms with van der Waals surface area (Å²) in [6.07, 6.45) is 1.16. The van der Waals surface area contributed by atoms with E-state index in [0.29, 0.717) is 5.92 Å². The van der Waals surface area contributed by atoms with Crippen LogP contribution >= 0.6 is 0 Å². The Morgan fingerprint density at radius 3 is 2.43 bits per heavy atom. The van der Waals surface area contributed by atoms with Crippen LogP contribution in [0, 0.1) is 0 Å². The fourth-order valence-corrected chi connectivity index (χ4v) is 2.22. The highest BCUT2D eigenvalue weighted by Gasteiger charge is 2.04. The average Bonchev–Trinajstić information content (AvgIpc) is 2.53. The number of ether oxygens (including phenoxy) is 1. The summed E-state index contributed by atoms with van der Waals surface area (Å²) in [7, 11) is 0. The van der Waals surface area contributed by atoms with Crippen molar-refractivity contribution in [3.05, 3.63) is 59.7 Å². The van der Waals surface area contributed by atoms with E-state index in [1.807, 2.05) is 12.1 Å². The van der Waals surface area contributed by atoms with Gasteiger partial charge in [-0.3, -0.25) is 0 Å². The molecule has 0 aliphatic carbocycles. The van der Waals surface area contributed by atoms with Crippen molar-refractivity contribution in [2.45, 2.75) is 39.7 Å². The molecule has 0 aliphatic rings. The number of nitrogens with one attached hydrogen (secondary N) is 1. The van der Waals surface area contributed by atoms with E-state index in [-0.39, 0.29) is 0 Å². The summed E-state index contributed by atoms with van der Waals surface area (Å²) in [6, 6.07) is 16.7. The summed E-state index contributed by atoms with van der Waals surface area (Å²) in [5.41, 5.74) is 2.61. The Bertz CT molecular complexity index is 548. The van der Waals surface area contributed by atoms with Crippen molar-refractivity contribution in [3.8, 4) is 11.5 Å². The van der Waals surface area contributed by atoms with Crippen LogP contribution in [0.4, 0.5) is 0 Å². The molecule has 0 spiro atoms.